The van der Waals surface area contributed by atoms with Gasteiger partial charge in [-0.15, -0.1) is 0 Å². The highest BCUT2D eigenvalue weighted by molar-refractivity contribution is 9.10. The number of hydrogen-bond acceptors (Lipinski definition) is 2. The first-order chi connectivity index (χ1) is 9.29. The Hall–Kier alpha value is -0.850. The quantitative estimate of drug-likeness (QED) is 0.789. The van der Waals surface area contributed by atoms with Gasteiger partial charge in [0.15, 0.2) is 0 Å². The van der Waals surface area contributed by atoms with Gasteiger partial charge in [0.25, 0.3) is 10.0 Å². The van der Waals surface area contributed by atoms with Crippen molar-refractivity contribution < 1.29 is 8.42 Å². The van der Waals surface area contributed by atoms with Crippen LogP contribution in [0.15, 0.2) is 50.2 Å². The Balaban J connectivity index is 2.46. The summed E-state index contributed by atoms with van der Waals surface area (Å²) in [6, 6.07) is 10.7. The molecule has 6 heteroatoms. The third-order valence-electron chi connectivity index (χ3n) is 2.81. The molecule has 0 amide bonds. The zero-order valence-electron chi connectivity index (χ0n) is 10.9. The van der Waals surface area contributed by atoms with Gasteiger partial charge in [0, 0.05) is 8.95 Å². The molecule has 0 fully saturated rings. The number of benzene rings is 2. The summed E-state index contributed by atoms with van der Waals surface area (Å²) >= 11 is 6.65. The van der Waals surface area contributed by atoms with Crippen LogP contribution in [0.5, 0.6) is 0 Å². The number of sulfonamides is 1. The molecule has 0 atom stereocenters. The van der Waals surface area contributed by atoms with Gasteiger partial charge in [-0.05, 0) is 65.2 Å². The van der Waals surface area contributed by atoms with Crippen molar-refractivity contribution in [3.8, 4) is 0 Å². The van der Waals surface area contributed by atoms with Gasteiger partial charge >= 0.3 is 0 Å². The maximum atomic E-state index is 12.5. The highest BCUT2D eigenvalue weighted by Gasteiger charge is 2.18. The molecule has 0 saturated heterocycles. The monoisotopic (exact) mass is 417 g/mol. The third-order valence-corrected chi connectivity index (χ3v) is 5.50. The van der Waals surface area contributed by atoms with E-state index in [1.165, 1.54) is 0 Å². The summed E-state index contributed by atoms with van der Waals surface area (Å²) < 4.78 is 29.0. The number of aryl methyl sites for hydroxylation is 2. The van der Waals surface area contributed by atoms with Crippen LogP contribution in [0.25, 0.3) is 0 Å². The molecule has 0 unspecified atom stereocenters. The SMILES string of the molecule is Cc1ccc(Br)c(NS(=O)(=O)c2cc(Br)ccc2C)c1. The van der Waals surface area contributed by atoms with Crippen molar-refractivity contribution in [2.75, 3.05) is 4.72 Å². The first-order valence-electron chi connectivity index (χ1n) is 5.85. The van der Waals surface area contributed by atoms with E-state index in [1.54, 1.807) is 25.1 Å². The molecule has 0 spiro atoms. The molecule has 0 bridgehead atoms. The van der Waals surface area contributed by atoms with Crippen LogP contribution in [-0.4, -0.2) is 8.42 Å². The topological polar surface area (TPSA) is 46.2 Å². The van der Waals surface area contributed by atoms with E-state index in [-0.39, 0.29) is 4.90 Å². The Morgan fingerprint density at radius 3 is 2.40 bits per heavy atom. The van der Waals surface area contributed by atoms with Crippen molar-refractivity contribution in [2.45, 2.75) is 18.7 Å². The van der Waals surface area contributed by atoms with Crippen LogP contribution in [0.4, 0.5) is 5.69 Å². The Morgan fingerprint density at radius 2 is 1.70 bits per heavy atom. The molecule has 106 valence electrons. The number of halogens is 2. The van der Waals surface area contributed by atoms with Gasteiger partial charge in [-0.2, -0.15) is 0 Å². The zero-order chi connectivity index (χ0) is 14.9. The first kappa shape index (κ1) is 15.5. The van der Waals surface area contributed by atoms with Crippen LogP contribution in [0.3, 0.4) is 0 Å². The fourth-order valence-corrected chi connectivity index (χ4v) is 4.11. The molecule has 0 heterocycles. The van der Waals surface area contributed by atoms with Gasteiger partial charge in [0.05, 0.1) is 10.6 Å². The van der Waals surface area contributed by atoms with Crippen LogP contribution in [0.1, 0.15) is 11.1 Å². The van der Waals surface area contributed by atoms with Crippen LogP contribution < -0.4 is 4.72 Å². The van der Waals surface area contributed by atoms with Crippen molar-refractivity contribution in [3.63, 3.8) is 0 Å². The molecule has 0 aromatic heterocycles. The predicted molar refractivity (Wildman–Crippen MR) is 88.6 cm³/mol. The van der Waals surface area contributed by atoms with Gasteiger partial charge in [-0.1, -0.05) is 28.1 Å². The van der Waals surface area contributed by atoms with Crippen molar-refractivity contribution in [3.05, 3.63) is 56.5 Å². The number of nitrogens with one attached hydrogen (secondary N) is 1. The lowest BCUT2D eigenvalue weighted by Crippen LogP contribution is -2.14. The summed E-state index contributed by atoms with van der Waals surface area (Å²) in [7, 11) is -3.62. The van der Waals surface area contributed by atoms with Gasteiger partial charge in [-0.25, -0.2) is 8.42 Å². The molecule has 0 saturated carbocycles. The predicted octanol–water partition coefficient (Wildman–Crippen LogP) is 4.63. The van der Waals surface area contributed by atoms with Crippen molar-refractivity contribution in [1.29, 1.82) is 0 Å². The Bertz CT molecular complexity index is 758. The van der Waals surface area contributed by atoms with Gasteiger partial charge in [0.1, 0.15) is 0 Å². The number of anilines is 1. The smallest absolute Gasteiger partial charge is 0.262 e. The highest BCUT2D eigenvalue weighted by atomic mass is 79.9. The maximum Gasteiger partial charge on any atom is 0.262 e. The minimum absolute atomic E-state index is 0.264. The molecule has 0 aliphatic heterocycles. The van der Waals surface area contributed by atoms with Crippen molar-refractivity contribution in [2.24, 2.45) is 0 Å². The van der Waals surface area contributed by atoms with Gasteiger partial charge < -0.3 is 0 Å². The average Bonchev–Trinajstić information content (AvgIpc) is 2.36. The van der Waals surface area contributed by atoms with E-state index in [0.717, 1.165) is 10.0 Å². The van der Waals surface area contributed by atoms with E-state index in [0.29, 0.717) is 15.7 Å². The summed E-state index contributed by atoms with van der Waals surface area (Å²) in [5.41, 5.74) is 2.21. The molecule has 0 aliphatic carbocycles. The van der Waals surface area contributed by atoms with E-state index in [9.17, 15) is 8.42 Å². The van der Waals surface area contributed by atoms with E-state index < -0.39 is 10.0 Å². The first-order valence-corrected chi connectivity index (χ1v) is 8.91. The largest absolute Gasteiger partial charge is 0.278 e. The molecule has 0 radical (unpaired) electrons. The minimum Gasteiger partial charge on any atom is -0.278 e. The second-order valence-electron chi connectivity index (χ2n) is 4.50. The molecule has 20 heavy (non-hydrogen) atoms. The summed E-state index contributed by atoms with van der Waals surface area (Å²) in [6.45, 7) is 3.68. The highest BCUT2D eigenvalue weighted by Crippen LogP contribution is 2.28. The van der Waals surface area contributed by atoms with Gasteiger partial charge in [-0.3, -0.25) is 4.72 Å². The lowest BCUT2D eigenvalue weighted by atomic mass is 10.2. The molecule has 3 nitrogen and oxygen atoms in total. The molecule has 2 aromatic rings. The minimum atomic E-state index is -3.62. The fourth-order valence-electron chi connectivity index (χ4n) is 1.78. The van der Waals surface area contributed by atoms with E-state index in [4.69, 9.17) is 0 Å². The van der Waals surface area contributed by atoms with E-state index in [2.05, 4.69) is 36.6 Å². The standard InChI is InChI=1S/C14H13Br2NO2S/c1-9-3-6-12(16)13(7-9)17-20(18,19)14-8-11(15)5-4-10(14)2/h3-8,17H,1-2H3. The lowest BCUT2D eigenvalue weighted by molar-refractivity contribution is 0.600. The average molecular weight is 419 g/mol. The van der Waals surface area contributed by atoms with Gasteiger partial charge in [0.2, 0.25) is 0 Å². The third kappa shape index (κ3) is 3.42. The summed E-state index contributed by atoms with van der Waals surface area (Å²) in [5, 5.41) is 0. The molecule has 2 rings (SSSR count). The summed E-state index contributed by atoms with van der Waals surface area (Å²) in [5.74, 6) is 0. The lowest BCUT2D eigenvalue weighted by Gasteiger charge is -2.12. The Kier molecular flexibility index (Phi) is 4.56. The van der Waals surface area contributed by atoms with E-state index >= 15 is 0 Å². The summed E-state index contributed by atoms with van der Waals surface area (Å²) in [6.07, 6.45) is 0. The molecular formula is C14H13Br2NO2S. The number of hydrogen-bond donors (Lipinski definition) is 1. The Morgan fingerprint density at radius 1 is 1.00 bits per heavy atom. The molecule has 2 aromatic carbocycles. The Labute approximate surface area is 135 Å². The van der Waals surface area contributed by atoms with Crippen LogP contribution >= 0.6 is 31.9 Å². The van der Waals surface area contributed by atoms with Crippen molar-refractivity contribution >= 4 is 47.6 Å². The van der Waals surface area contributed by atoms with E-state index in [1.807, 2.05) is 25.1 Å². The van der Waals surface area contributed by atoms with Crippen LogP contribution in [0, 0.1) is 13.8 Å². The van der Waals surface area contributed by atoms with Crippen LogP contribution in [-0.2, 0) is 10.0 Å². The van der Waals surface area contributed by atoms with Crippen molar-refractivity contribution in [1.82, 2.24) is 0 Å². The summed E-state index contributed by atoms with van der Waals surface area (Å²) in [4.78, 5) is 0.264. The number of rotatable bonds is 3. The molecule has 1 N–H and O–H groups in total. The zero-order valence-corrected chi connectivity index (χ0v) is 14.9. The molecule has 0 aliphatic rings. The normalized spacial score (nSPS) is 11.4. The maximum absolute atomic E-state index is 12.5. The second-order valence-corrected chi connectivity index (χ2v) is 7.92. The van der Waals surface area contributed by atoms with Crippen LogP contribution in [0.2, 0.25) is 0 Å². The second kappa shape index (κ2) is 5.87. The molecular weight excluding hydrogens is 406 g/mol. The fraction of sp³-hybridized carbons (Fsp3) is 0.143.